The number of carbonyl (C=O) groups is 1. The average Bonchev–Trinajstić information content (AvgIpc) is 3.51. The summed E-state index contributed by atoms with van der Waals surface area (Å²) in [5.41, 5.74) is 6.68. The second-order valence-electron chi connectivity index (χ2n) is 7.57. The van der Waals surface area contributed by atoms with Crippen LogP contribution in [-0.4, -0.2) is 37.2 Å². The number of nitrogens with one attached hydrogen (secondary N) is 1. The van der Waals surface area contributed by atoms with Gasteiger partial charge < -0.3 is 15.0 Å². The van der Waals surface area contributed by atoms with Crippen molar-refractivity contribution in [2.45, 2.75) is 33.2 Å². The van der Waals surface area contributed by atoms with E-state index in [1.807, 2.05) is 13.8 Å². The molecule has 1 amide bonds. The standard InChI is InChI=1S/C22H27N3O2/c1-15-11-18(12-16(2)24-15)21-6-5-20(25-7-9-27-10-8-25)13-19(21)14-23-22(26)17-3-4-17/h5-6,11-13,17H,3-4,7-10,14H2,1-2H3,(H,23,26). The molecule has 27 heavy (non-hydrogen) atoms. The maximum atomic E-state index is 12.2. The first-order valence-corrected chi connectivity index (χ1v) is 9.79. The van der Waals surface area contributed by atoms with Crippen LogP contribution in [0, 0.1) is 19.8 Å². The molecule has 0 unspecified atom stereocenters. The molecule has 1 N–H and O–H groups in total. The average molecular weight is 365 g/mol. The quantitative estimate of drug-likeness (QED) is 0.884. The Kier molecular flexibility index (Phi) is 5.12. The lowest BCUT2D eigenvalue weighted by atomic mass is 9.98. The van der Waals surface area contributed by atoms with Crippen LogP contribution in [0.15, 0.2) is 30.3 Å². The van der Waals surface area contributed by atoms with E-state index in [2.05, 4.69) is 45.5 Å². The molecular weight excluding hydrogens is 338 g/mol. The molecule has 1 saturated heterocycles. The minimum Gasteiger partial charge on any atom is -0.378 e. The first kappa shape index (κ1) is 18.0. The Morgan fingerprint density at radius 3 is 2.52 bits per heavy atom. The Morgan fingerprint density at radius 2 is 1.85 bits per heavy atom. The highest BCUT2D eigenvalue weighted by Crippen LogP contribution is 2.31. The van der Waals surface area contributed by atoms with Crippen LogP contribution in [0.5, 0.6) is 0 Å². The second-order valence-corrected chi connectivity index (χ2v) is 7.57. The number of ether oxygens (including phenoxy) is 1. The molecule has 5 heteroatoms. The summed E-state index contributed by atoms with van der Waals surface area (Å²) in [6, 6.07) is 10.8. The van der Waals surface area contributed by atoms with Crippen LogP contribution in [0.2, 0.25) is 0 Å². The lowest BCUT2D eigenvalue weighted by molar-refractivity contribution is -0.122. The Bertz CT molecular complexity index is 819. The zero-order valence-electron chi connectivity index (χ0n) is 16.1. The molecule has 1 aliphatic heterocycles. The fourth-order valence-corrected chi connectivity index (χ4v) is 3.69. The van der Waals surface area contributed by atoms with Gasteiger partial charge in [-0.15, -0.1) is 0 Å². The molecule has 1 aromatic carbocycles. The number of rotatable bonds is 5. The molecule has 0 spiro atoms. The van der Waals surface area contributed by atoms with Gasteiger partial charge in [-0.25, -0.2) is 0 Å². The van der Waals surface area contributed by atoms with E-state index in [4.69, 9.17) is 4.74 Å². The Morgan fingerprint density at radius 1 is 1.15 bits per heavy atom. The number of hydrogen-bond acceptors (Lipinski definition) is 4. The van der Waals surface area contributed by atoms with Crippen molar-refractivity contribution in [3.63, 3.8) is 0 Å². The smallest absolute Gasteiger partial charge is 0.223 e. The first-order chi connectivity index (χ1) is 13.1. The van der Waals surface area contributed by atoms with Gasteiger partial charge in [-0.2, -0.15) is 0 Å². The SMILES string of the molecule is Cc1cc(-c2ccc(N3CCOCC3)cc2CNC(=O)C2CC2)cc(C)n1. The van der Waals surface area contributed by atoms with Crippen molar-refractivity contribution in [1.82, 2.24) is 10.3 Å². The van der Waals surface area contributed by atoms with Gasteiger partial charge in [0.1, 0.15) is 0 Å². The van der Waals surface area contributed by atoms with Crippen LogP contribution in [0.25, 0.3) is 11.1 Å². The van der Waals surface area contributed by atoms with Gasteiger partial charge >= 0.3 is 0 Å². The highest BCUT2D eigenvalue weighted by molar-refractivity contribution is 5.81. The molecule has 0 atom stereocenters. The van der Waals surface area contributed by atoms with Crippen molar-refractivity contribution in [2.24, 2.45) is 5.92 Å². The number of hydrogen-bond donors (Lipinski definition) is 1. The largest absolute Gasteiger partial charge is 0.378 e. The van der Waals surface area contributed by atoms with E-state index in [-0.39, 0.29) is 11.8 Å². The summed E-state index contributed by atoms with van der Waals surface area (Å²) in [6.45, 7) is 7.93. The fraction of sp³-hybridized carbons (Fsp3) is 0.455. The number of anilines is 1. The molecule has 5 nitrogen and oxygen atoms in total. The van der Waals surface area contributed by atoms with Crippen LogP contribution in [0.3, 0.4) is 0 Å². The zero-order valence-corrected chi connectivity index (χ0v) is 16.1. The van der Waals surface area contributed by atoms with Gasteiger partial charge in [-0.05, 0) is 67.6 Å². The van der Waals surface area contributed by atoms with Crippen LogP contribution in [0.4, 0.5) is 5.69 Å². The number of amides is 1. The molecule has 4 rings (SSSR count). The van der Waals surface area contributed by atoms with Crippen molar-refractivity contribution >= 4 is 11.6 Å². The van der Waals surface area contributed by atoms with E-state index >= 15 is 0 Å². The number of aromatic nitrogens is 1. The van der Waals surface area contributed by atoms with Crippen molar-refractivity contribution < 1.29 is 9.53 Å². The topological polar surface area (TPSA) is 54.5 Å². The number of morpholine rings is 1. The molecular formula is C22H27N3O2. The summed E-state index contributed by atoms with van der Waals surface area (Å²) in [7, 11) is 0. The third-order valence-corrected chi connectivity index (χ3v) is 5.26. The van der Waals surface area contributed by atoms with Gasteiger partial charge in [-0.1, -0.05) is 6.07 Å². The molecule has 2 aromatic rings. The van der Waals surface area contributed by atoms with E-state index < -0.39 is 0 Å². The minimum atomic E-state index is 0.180. The molecule has 1 aliphatic carbocycles. The second kappa shape index (κ2) is 7.69. The molecule has 142 valence electrons. The molecule has 2 aliphatic rings. The number of benzene rings is 1. The zero-order chi connectivity index (χ0) is 18.8. The number of nitrogens with zero attached hydrogens (tertiary/aromatic N) is 2. The Hall–Kier alpha value is -2.40. The highest BCUT2D eigenvalue weighted by Gasteiger charge is 2.29. The monoisotopic (exact) mass is 365 g/mol. The molecule has 1 aromatic heterocycles. The van der Waals surface area contributed by atoms with Gasteiger partial charge in [-0.3, -0.25) is 9.78 Å². The maximum absolute atomic E-state index is 12.2. The van der Waals surface area contributed by atoms with Gasteiger partial charge in [0.15, 0.2) is 0 Å². The van der Waals surface area contributed by atoms with E-state index in [9.17, 15) is 4.79 Å². The van der Waals surface area contributed by atoms with Crippen LogP contribution < -0.4 is 10.2 Å². The van der Waals surface area contributed by atoms with E-state index in [0.717, 1.165) is 67.2 Å². The van der Waals surface area contributed by atoms with Crippen molar-refractivity contribution in [2.75, 3.05) is 31.2 Å². The van der Waals surface area contributed by atoms with Gasteiger partial charge in [0, 0.05) is 42.6 Å². The highest BCUT2D eigenvalue weighted by atomic mass is 16.5. The van der Waals surface area contributed by atoms with E-state index in [1.54, 1.807) is 0 Å². The molecule has 0 bridgehead atoms. The summed E-state index contributed by atoms with van der Waals surface area (Å²) >= 11 is 0. The van der Waals surface area contributed by atoms with Crippen molar-refractivity contribution in [3.05, 3.63) is 47.3 Å². The van der Waals surface area contributed by atoms with Crippen LogP contribution >= 0.6 is 0 Å². The van der Waals surface area contributed by atoms with E-state index in [0.29, 0.717) is 6.54 Å². The number of pyridine rings is 1. The maximum Gasteiger partial charge on any atom is 0.223 e. The number of aryl methyl sites for hydroxylation is 2. The molecule has 1 saturated carbocycles. The Balaban J connectivity index is 1.66. The summed E-state index contributed by atoms with van der Waals surface area (Å²) in [4.78, 5) is 19.0. The Labute approximate surface area is 160 Å². The first-order valence-electron chi connectivity index (χ1n) is 9.79. The molecule has 2 fully saturated rings. The van der Waals surface area contributed by atoms with Gasteiger partial charge in [0.05, 0.1) is 13.2 Å². The fourth-order valence-electron chi connectivity index (χ4n) is 3.69. The van der Waals surface area contributed by atoms with Crippen molar-refractivity contribution in [3.8, 4) is 11.1 Å². The summed E-state index contributed by atoms with van der Waals surface area (Å²) in [5, 5.41) is 3.13. The lowest BCUT2D eigenvalue weighted by Crippen LogP contribution is -2.36. The van der Waals surface area contributed by atoms with Gasteiger partial charge in [0.2, 0.25) is 5.91 Å². The van der Waals surface area contributed by atoms with Crippen molar-refractivity contribution in [1.29, 1.82) is 0 Å². The minimum absolute atomic E-state index is 0.180. The summed E-state index contributed by atoms with van der Waals surface area (Å²) in [6.07, 6.45) is 2.05. The normalized spacial score (nSPS) is 17.0. The predicted octanol–water partition coefficient (Wildman–Crippen LogP) is 3.23. The van der Waals surface area contributed by atoms with Crippen LogP contribution in [-0.2, 0) is 16.1 Å². The van der Waals surface area contributed by atoms with Gasteiger partial charge in [0.25, 0.3) is 0 Å². The summed E-state index contributed by atoms with van der Waals surface area (Å²) < 4.78 is 5.48. The van der Waals surface area contributed by atoms with E-state index in [1.165, 1.54) is 5.69 Å². The molecule has 2 heterocycles. The number of carbonyl (C=O) groups excluding carboxylic acids is 1. The third-order valence-electron chi connectivity index (χ3n) is 5.26. The lowest BCUT2D eigenvalue weighted by Gasteiger charge is -2.29. The van der Waals surface area contributed by atoms with Crippen LogP contribution in [0.1, 0.15) is 29.8 Å². The third kappa shape index (κ3) is 4.30. The summed E-state index contributed by atoms with van der Waals surface area (Å²) in [5.74, 6) is 0.404. The molecule has 0 radical (unpaired) electrons. The predicted molar refractivity (Wildman–Crippen MR) is 107 cm³/mol.